The lowest BCUT2D eigenvalue weighted by Gasteiger charge is -2.33. The summed E-state index contributed by atoms with van der Waals surface area (Å²) in [6.45, 7) is 8.11. The molecule has 0 spiro atoms. The minimum absolute atomic E-state index is 0.130. The topological polar surface area (TPSA) is 237 Å². The van der Waals surface area contributed by atoms with Crippen molar-refractivity contribution < 1.29 is 89.8 Å². The van der Waals surface area contributed by atoms with E-state index in [4.69, 9.17) is 4.98 Å². The molecular formula is C110H103F15N16O5S. The van der Waals surface area contributed by atoms with Gasteiger partial charge in [0, 0.05) is 96.6 Å². The number of amides is 5. The van der Waals surface area contributed by atoms with Gasteiger partial charge in [0.1, 0.15) is 28.7 Å². The molecule has 6 aliphatic rings. The van der Waals surface area contributed by atoms with Crippen LogP contribution in [-0.2, 0) is 30.9 Å². The summed E-state index contributed by atoms with van der Waals surface area (Å²) in [5.74, 6) is 0.153. The monoisotopic (exact) mass is 2040 g/mol. The minimum atomic E-state index is -4.37. The Hall–Kier alpha value is -14.7. The van der Waals surface area contributed by atoms with E-state index < -0.39 is 58.7 Å². The van der Waals surface area contributed by atoms with Crippen LogP contribution in [0.4, 0.5) is 71.7 Å². The summed E-state index contributed by atoms with van der Waals surface area (Å²) in [7, 11) is 0. The van der Waals surface area contributed by atoms with Crippen LogP contribution in [-0.4, -0.2) is 182 Å². The number of pyridine rings is 3. The highest BCUT2D eigenvalue weighted by Gasteiger charge is 2.43. The summed E-state index contributed by atoms with van der Waals surface area (Å²) in [4.78, 5) is 110. The van der Waals surface area contributed by atoms with Crippen molar-refractivity contribution in [1.82, 2.24) is 73.9 Å². The van der Waals surface area contributed by atoms with Gasteiger partial charge >= 0.3 is 30.9 Å². The molecule has 15 heterocycles. The average molecular weight is 2050 g/mol. The Kier molecular flexibility index (Phi) is 30.3. The molecule has 6 saturated heterocycles. The molecular weight excluding hydrogens is 1940 g/mol. The lowest BCUT2D eigenvalue weighted by Crippen LogP contribution is -2.38. The number of para-hydroxylation sites is 3. The van der Waals surface area contributed by atoms with Crippen LogP contribution < -0.4 is 4.90 Å². The Labute approximate surface area is 838 Å². The number of nitrogens with one attached hydrogen (secondary N) is 4. The van der Waals surface area contributed by atoms with Crippen molar-refractivity contribution >= 4 is 101 Å². The molecule has 147 heavy (non-hydrogen) atoms. The maximum atomic E-state index is 13.4. The van der Waals surface area contributed by atoms with Crippen molar-refractivity contribution in [3.8, 4) is 5.82 Å². The molecule has 21 nitrogen and oxygen atoms in total. The number of benzene rings is 7. The van der Waals surface area contributed by atoms with Crippen molar-refractivity contribution in [1.29, 1.82) is 0 Å². The second-order valence-electron chi connectivity index (χ2n) is 37.6. The molecule has 9 aromatic heterocycles. The van der Waals surface area contributed by atoms with Crippen LogP contribution in [0.5, 0.6) is 0 Å². The first-order chi connectivity index (χ1) is 70.5. The molecule has 6 aliphatic heterocycles. The third-order valence-corrected chi connectivity index (χ3v) is 29.3. The standard InChI is InChI=1S/C25H27F3N4O.C24H21F3N4O.C21H20F3N3O.C20H18F3N3O.C20H17F3N2OS/c26-25(27,28)19-7-3-2-6-18(19)17-10-14-32(15-11-17)24(33)22-16-21-20(29-22)8-9-23(30-21)31-12-4-1-5-13-31;25-24(26,27)18-6-2-1-5-17(18)16-9-13-31(14-10-16)23(32)21-15-20-19(28-21)7-8-22(29-20)30-11-3-4-12-30;1-13-6-7-17-18(25-13)12-19(26-17)20(28)27-10-8-14(9-11-27)15-4-2-3-5-16(15)21(22,23)24;21-20(22,23)15-6-2-1-5-14(15)13-9-11-26(12-10-13)19(27)18-24-16-7-3-4-8-17(16)25-18;21-20(22,23)15-6-2-1-5-14(15)13-9-11-25(12-10-13)19(26)18-24-16-7-3-4-8-17(16)27-18/h2-3,6-9,16-17,29H,1,4-5,10-15H2;1-8,11-12,15-16,28H,9-10,13-14H2;2-7,12,14,26H,8-11H2,1H3;1-8,13H,9-12H2,(H,24,25);1-8,13H,9-12H2. The van der Waals surface area contributed by atoms with Gasteiger partial charge in [0.2, 0.25) is 0 Å². The number of anilines is 1. The highest BCUT2D eigenvalue weighted by molar-refractivity contribution is 7.20. The van der Waals surface area contributed by atoms with Crippen molar-refractivity contribution in [2.24, 2.45) is 0 Å². The summed E-state index contributed by atoms with van der Waals surface area (Å²) >= 11 is 1.35. The molecule has 0 bridgehead atoms. The normalized spacial score (nSPS) is 16.4. The van der Waals surface area contributed by atoms with E-state index in [9.17, 15) is 89.8 Å². The molecule has 0 atom stereocenters. The zero-order valence-corrected chi connectivity index (χ0v) is 80.5. The number of nitrogens with zero attached hydrogens (tertiary/aromatic N) is 12. The highest BCUT2D eigenvalue weighted by Crippen LogP contribution is 2.46. The number of carbonyl (C=O) groups excluding carboxylic acids is 5. The zero-order valence-electron chi connectivity index (χ0n) is 79.7. The van der Waals surface area contributed by atoms with Crippen molar-refractivity contribution in [3.63, 3.8) is 0 Å². The molecule has 0 saturated carbocycles. The number of fused-ring (bicyclic) bond motifs is 5. The van der Waals surface area contributed by atoms with E-state index in [1.165, 1.54) is 60.9 Å². The second-order valence-corrected chi connectivity index (χ2v) is 38.7. The summed E-state index contributed by atoms with van der Waals surface area (Å²) in [6.07, 6.45) is -9.38. The van der Waals surface area contributed by atoms with Gasteiger partial charge < -0.3 is 53.9 Å². The molecule has 0 unspecified atom stereocenters. The van der Waals surface area contributed by atoms with Crippen LogP contribution in [0, 0.1) is 6.92 Å². The van der Waals surface area contributed by atoms with Gasteiger partial charge in [-0.2, -0.15) is 65.9 Å². The van der Waals surface area contributed by atoms with Crippen molar-refractivity contribution in [2.45, 2.75) is 151 Å². The van der Waals surface area contributed by atoms with Crippen LogP contribution in [0.1, 0.15) is 226 Å². The number of carbonyl (C=O) groups is 5. The third kappa shape index (κ3) is 23.7. The number of hydrogen-bond acceptors (Lipinski definition) is 12. The quantitative estimate of drug-likeness (QED) is 0.0839. The van der Waals surface area contributed by atoms with Gasteiger partial charge in [0.05, 0.1) is 82.2 Å². The maximum Gasteiger partial charge on any atom is 0.416 e. The van der Waals surface area contributed by atoms with E-state index in [1.54, 1.807) is 103 Å². The number of aromatic nitrogens is 10. The number of hydrogen-bond donors (Lipinski definition) is 4. The Morgan fingerprint density at radius 1 is 0.286 bits per heavy atom. The molecule has 7 aromatic carbocycles. The number of H-pyrrole nitrogens is 4. The van der Waals surface area contributed by atoms with Gasteiger partial charge in [0.15, 0.2) is 10.8 Å². The van der Waals surface area contributed by atoms with Crippen LogP contribution in [0.25, 0.3) is 60.2 Å². The number of thiazole rings is 1. The predicted molar refractivity (Wildman–Crippen MR) is 531 cm³/mol. The first kappa shape index (κ1) is 102. The number of aryl methyl sites for hydroxylation is 1. The second kappa shape index (κ2) is 43.6. The predicted octanol–water partition coefficient (Wildman–Crippen LogP) is 25.8. The van der Waals surface area contributed by atoms with E-state index in [2.05, 4.69) is 44.8 Å². The summed E-state index contributed by atoms with van der Waals surface area (Å²) in [6, 6.07) is 64.2. The third-order valence-electron chi connectivity index (χ3n) is 28.3. The summed E-state index contributed by atoms with van der Waals surface area (Å²) in [5.41, 5.74) is 7.85. The fourth-order valence-electron chi connectivity index (χ4n) is 20.7. The van der Waals surface area contributed by atoms with Gasteiger partial charge in [-0.15, -0.1) is 11.3 Å². The summed E-state index contributed by atoms with van der Waals surface area (Å²) < 4.78 is 203. The van der Waals surface area contributed by atoms with Crippen LogP contribution in [0.2, 0.25) is 0 Å². The fourth-order valence-corrected chi connectivity index (χ4v) is 21.7. The van der Waals surface area contributed by atoms with Crippen LogP contribution in [0.3, 0.4) is 0 Å². The average Bonchev–Trinajstić information content (AvgIpc) is 1.64. The number of imidazole rings is 1. The minimum Gasteiger partial charge on any atom is -0.357 e. The van der Waals surface area contributed by atoms with Crippen LogP contribution in [0.15, 0.2) is 249 Å². The molecule has 37 heteroatoms. The molecule has 5 amide bonds. The number of likely N-dealkylation sites (tertiary alicyclic amines) is 5. The van der Waals surface area contributed by atoms with Gasteiger partial charge in [-0.3, -0.25) is 29.0 Å². The van der Waals surface area contributed by atoms with Gasteiger partial charge in [0.25, 0.3) is 29.5 Å². The van der Waals surface area contributed by atoms with E-state index >= 15 is 0 Å². The number of alkyl halides is 15. The SMILES string of the molecule is Cc1ccc2[nH]c(C(=O)N3CCC(c4ccccc4C(F)(F)F)CC3)cc2n1.O=C(c1cc2nc(-n3cccc3)ccc2[nH]1)N1CCC(c2ccccc2C(F)(F)F)CC1.O=C(c1cc2nc(N3CCCCC3)ccc2[nH]1)N1CCC(c2ccccc2C(F)(F)F)CC1.O=C(c1nc2ccccc2[nH]1)N1CCC(c2ccccc2C(F)(F)F)CC1.O=C(c1nc2ccccc2s1)N1CCC(c2ccccc2C(F)(F)F)CC1. The molecule has 22 rings (SSSR count). The zero-order chi connectivity index (χ0) is 103. The Morgan fingerprint density at radius 2 is 0.592 bits per heavy atom. The molecule has 4 N–H and O–H groups in total. The molecule has 0 radical (unpaired) electrons. The lowest BCUT2D eigenvalue weighted by molar-refractivity contribution is -0.139. The first-order valence-electron chi connectivity index (χ1n) is 48.9. The fraction of sp³-hybridized carbons (Fsp3) is 0.327. The number of rotatable bonds is 12. The number of aromatic amines is 4. The Bertz CT molecular complexity index is 7140. The first-order valence-corrected chi connectivity index (χ1v) is 49.7. The Balaban J connectivity index is 0.000000121. The van der Waals surface area contributed by atoms with E-state index in [-0.39, 0.29) is 64.9 Å². The van der Waals surface area contributed by atoms with E-state index in [0.29, 0.717) is 185 Å². The molecule has 764 valence electrons. The van der Waals surface area contributed by atoms with Gasteiger partial charge in [-0.25, -0.2) is 19.9 Å². The summed E-state index contributed by atoms with van der Waals surface area (Å²) in [5, 5.41) is 0.436. The smallest absolute Gasteiger partial charge is 0.357 e. The van der Waals surface area contributed by atoms with E-state index in [0.717, 1.165) is 110 Å². The largest absolute Gasteiger partial charge is 0.416 e. The number of halogens is 15. The lowest BCUT2D eigenvalue weighted by atomic mass is 9.86. The van der Waals surface area contributed by atoms with Crippen LogP contribution >= 0.6 is 11.3 Å². The van der Waals surface area contributed by atoms with E-state index in [1.807, 2.05) is 121 Å². The highest BCUT2D eigenvalue weighted by atomic mass is 32.1. The van der Waals surface area contributed by atoms with Gasteiger partial charge in [-0.1, -0.05) is 115 Å². The maximum absolute atomic E-state index is 13.4. The molecule has 0 aliphatic carbocycles. The molecule has 6 fully saturated rings. The van der Waals surface area contributed by atoms with Crippen molar-refractivity contribution in [2.75, 3.05) is 83.4 Å². The van der Waals surface area contributed by atoms with Gasteiger partial charge in [-0.05, 0) is 269 Å². The molecule has 16 aromatic rings. The number of piperidine rings is 6. The van der Waals surface area contributed by atoms with Crippen molar-refractivity contribution in [3.05, 3.63) is 338 Å². The Morgan fingerprint density at radius 3 is 0.959 bits per heavy atom.